The standard InChI is InChI=1S/C43H48N4O7Si/c1-43(2,3)55(4,5)54-38(32-17-20-36(48)40-33(32)18-21-39(49)46-40)27-44-23-22-29-15-19-35-37(26-29)53-42(52)47(35)24-10-9-11-28-14-16-31(30-12-7-6-8-13-30)34(25-28)45-41(50)51/h6-9,11-21,25-26,38,44-45,48H,10,22-24,27H2,1-5H3,(H,46,49)(H,50,51)/b11-9+/t38-/m0/s1. The Morgan fingerprint density at radius 1 is 1.00 bits per heavy atom. The molecule has 0 fully saturated rings. The third-order valence-electron chi connectivity index (χ3n) is 10.3. The van der Waals surface area contributed by atoms with Gasteiger partial charge in [-0.2, -0.15) is 0 Å². The summed E-state index contributed by atoms with van der Waals surface area (Å²) < 4.78 is 14.2. The molecule has 11 nitrogen and oxygen atoms in total. The molecule has 12 heteroatoms. The molecule has 0 unspecified atom stereocenters. The smallest absolute Gasteiger partial charge is 0.419 e. The number of phenolic OH excluding ortho intramolecular Hbond substituents is 1. The van der Waals surface area contributed by atoms with Gasteiger partial charge in [-0.15, -0.1) is 0 Å². The second-order valence-electron chi connectivity index (χ2n) is 15.2. The Morgan fingerprint density at radius 2 is 1.78 bits per heavy atom. The Balaban J connectivity index is 1.10. The second kappa shape index (κ2) is 16.4. The fraction of sp³-hybridized carbons (Fsp3) is 0.279. The molecular weight excluding hydrogens is 713 g/mol. The van der Waals surface area contributed by atoms with E-state index < -0.39 is 20.2 Å². The number of aromatic amines is 1. The van der Waals surface area contributed by atoms with Crippen molar-refractivity contribution in [3.05, 3.63) is 135 Å². The molecule has 0 saturated carbocycles. The lowest BCUT2D eigenvalue weighted by Gasteiger charge is -2.39. The topological polar surface area (TPSA) is 159 Å². The number of aromatic hydroxyl groups is 1. The molecule has 0 radical (unpaired) electrons. The zero-order valence-corrected chi connectivity index (χ0v) is 32.8. The van der Waals surface area contributed by atoms with E-state index in [1.54, 1.807) is 22.8 Å². The van der Waals surface area contributed by atoms with E-state index in [9.17, 15) is 24.6 Å². The number of H-pyrrole nitrogens is 1. The molecule has 55 heavy (non-hydrogen) atoms. The van der Waals surface area contributed by atoms with Crippen molar-refractivity contribution >= 4 is 48.2 Å². The minimum atomic E-state index is -2.22. The molecule has 286 valence electrons. The maximum atomic E-state index is 12.9. The number of pyridine rings is 1. The van der Waals surface area contributed by atoms with Crippen LogP contribution >= 0.6 is 0 Å². The van der Waals surface area contributed by atoms with Crippen LogP contribution in [0.3, 0.4) is 0 Å². The number of oxazole rings is 1. The van der Waals surface area contributed by atoms with Gasteiger partial charge in [0, 0.05) is 30.1 Å². The van der Waals surface area contributed by atoms with Crippen molar-refractivity contribution in [2.45, 2.75) is 64.4 Å². The monoisotopic (exact) mass is 760 g/mol. The number of hydrogen-bond donors (Lipinski definition) is 5. The fourth-order valence-corrected chi connectivity index (χ4v) is 7.68. The van der Waals surface area contributed by atoms with Crippen LogP contribution in [0.5, 0.6) is 5.75 Å². The number of amides is 1. The maximum Gasteiger partial charge on any atom is 0.419 e. The fourth-order valence-electron chi connectivity index (χ4n) is 6.41. The molecule has 0 bridgehead atoms. The van der Waals surface area contributed by atoms with Gasteiger partial charge in [0.1, 0.15) is 5.75 Å². The SMILES string of the molecule is CC(C)(C)[Si](C)(C)O[C@@H](CNCCc1ccc2c(c1)oc(=O)n2CC/C=C/c1ccc(-c2ccccc2)c(NC(=O)O)c1)c1ccc(O)c2[nH]c(=O)ccc12. The predicted molar refractivity (Wildman–Crippen MR) is 221 cm³/mol. The predicted octanol–water partition coefficient (Wildman–Crippen LogP) is 8.90. The van der Waals surface area contributed by atoms with Crippen molar-refractivity contribution in [1.29, 1.82) is 0 Å². The van der Waals surface area contributed by atoms with Crippen LogP contribution < -0.4 is 21.9 Å². The summed E-state index contributed by atoms with van der Waals surface area (Å²) in [5.41, 5.74) is 6.27. The lowest BCUT2D eigenvalue weighted by atomic mass is 10.0. The highest BCUT2D eigenvalue weighted by atomic mass is 28.4. The number of nitrogens with zero attached hydrogens (tertiary/aromatic N) is 1. The number of carbonyl (C=O) groups is 1. The second-order valence-corrected chi connectivity index (χ2v) is 20.0. The molecule has 6 rings (SSSR count). The number of carboxylic acid groups (broad SMARTS) is 1. The quantitative estimate of drug-likeness (QED) is 0.0544. The van der Waals surface area contributed by atoms with Crippen LogP contribution in [0.4, 0.5) is 10.5 Å². The third-order valence-corrected chi connectivity index (χ3v) is 14.8. The molecule has 4 aromatic carbocycles. The number of aromatic nitrogens is 2. The highest BCUT2D eigenvalue weighted by Crippen LogP contribution is 2.41. The number of allylic oxidation sites excluding steroid dienone is 1. The molecule has 0 spiro atoms. The summed E-state index contributed by atoms with van der Waals surface area (Å²) in [6.45, 7) is 12.6. The summed E-state index contributed by atoms with van der Waals surface area (Å²) in [7, 11) is -2.22. The first-order valence-corrected chi connectivity index (χ1v) is 21.3. The van der Waals surface area contributed by atoms with E-state index in [2.05, 4.69) is 49.5 Å². The van der Waals surface area contributed by atoms with Crippen molar-refractivity contribution < 1.29 is 23.9 Å². The van der Waals surface area contributed by atoms with Crippen molar-refractivity contribution in [3.8, 4) is 16.9 Å². The molecule has 1 amide bonds. The van der Waals surface area contributed by atoms with Gasteiger partial charge in [-0.1, -0.05) is 87.5 Å². The molecule has 1 atom stereocenters. The zero-order chi connectivity index (χ0) is 39.3. The number of benzene rings is 4. The van der Waals surface area contributed by atoms with Gasteiger partial charge in [-0.05, 0) is 90.1 Å². The van der Waals surface area contributed by atoms with Crippen LogP contribution in [-0.4, -0.2) is 47.3 Å². The Labute approximate surface area is 320 Å². The Kier molecular flexibility index (Phi) is 11.6. The van der Waals surface area contributed by atoms with Crippen LogP contribution in [0.1, 0.15) is 50.0 Å². The molecule has 0 aliphatic rings. The van der Waals surface area contributed by atoms with Gasteiger partial charge in [0.05, 0.1) is 22.8 Å². The minimum absolute atomic E-state index is 0.0126. The highest BCUT2D eigenvalue weighted by Gasteiger charge is 2.39. The first kappa shape index (κ1) is 39.0. The molecule has 2 aromatic heterocycles. The summed E-state index contributed by atoms with van der Waals surface area (Å²) in [4.78, 5) is 39.2. The Bertz CT molecular complexity index is 2460. The van der Waals surface area contributed by atoms with E-state index in [4.69, 9.17) is 8.84 Å². The number of rotatable bonds is 14. The first-order chi connectivity index (χ1) is 26.2. The van der Waals surface area contributed by atoms with Gasteiger partial charge in [0.15, 0.2) is 13.9 Å². The van der Waals surface area contributed by atoms with Crippen molar-refractivity contribution in [2.24, 2.45) is 0 Å². The number of hydrogen-bond acceptors (Lipinski definition) is 7. The number of nitrogens with one attached hydrogen (secondary N) is 3. The van der Waals surface area contributed by atoms with Gasteiger partial charge in [0.2, 0.25) is 5.56 Å². The van der Waals surface area contributed by atoms with Crippen molar-refractivity contribution in [1.82, 2.24) is 14.9 Å². The Morgan fingerprint density at radius 3 is 2.53 bits per heavy atom. The van der Waals surface area contributed by atoms with Crippen LogP contribution in [0, 0.1) is 0 Å². The van der Waals surface area contributed by atoms with Gasteiger partial charge >= 0.3 is 11.8 Å². The van der Waals surface area contributed by atoms with Gasteiger partial charge in [0.25, 0.3) is 0 Å². The van der Waals surface area contributed by atoms with E-state index in [-0.39, 0.29) is 22.5 Å². The summed E-state index contributed by atoms with van der Waals surface area (Å²) in [6.07, 6.45) is 3.65. The van der Waals surface area contributed by atoms with Crippen molar-refractivity contribution in [2.75, 3.05) is 18.4 Å². The van der Waals surface area contributed by atoms with Crippen LogP contribution in [0.15, 0.2) is 111 Å². The molecular formula is C43H48N4O7Si. The van der Waals surface area contributed by atoms with Gasteiger partial charge in [-0.3, -0.25) is 14.7 Å². The normalized spacial score (nSPS) is 12.8. The Hall–Kier alpha value is -5.69. The third kappa shape index (κ3) is 9.17. The molecule has 5 N–H and O–H groups in total. The average molecular weight is 761 g/mol. The van der Waals surface area contributed by atoms with E-state index >= 15 is 0 Å². The number of phenols is 1. The highest BCUT2D eigenvalue weighted by molar-refractivity contribution is 6.74. The summed E-state index contributed by atoms with van der Waals surface area (Å²) in [5.74, 6) is -0.412. The average Bonchev–Trinajstić information content (AvgIpc) is 3.45. The zero-order valence-electron chi connectivity index (χ0n) is 31.8. The number of aryl methyl sites for hydroxylation is 1. The van der Waals surface area contributed by atoms with E-state index in [0.29, 0.717) is 49.3 Å². The summed E-state index contributed by atoms with van der Waals surface area (Å²) >= 11 is 0. The molecule has 2 heterocycles. The first-order valence-electron chi connectivity index (χ1n) is 18.4. The lowest BCUT2D eigenvalue weighted by Crippen LogP contribution is -2.43. The largest absolute Gasteiger partial charge is 0.506 e. The molecule has 0 saturated heterocycles. The van der Waals surface area contributed by atoms with Crippen molar-refractivity contribution in [3.63, 3.8) is 0 Å². The number of fused-ring (bicyclic) bond motifs is 2. The van der Waals surface area contributed by atoms with Gasteiger partial charge in [-0.25, -0.2) is 9.59 Å². The van der Waals surface area contributed by atoms with Crippen LogP contribution in [-0.2, 0) is 17.4 Å². The van der Waals surface area contributed by atoms with E-state index in [1.165, 1.54) is 6.07 Å². The molecule has 0 aliphatic carbocycles. The maximum absolute atomic E-state index is 12.9. The van der Waals surface area contributed by atoms with Crippen LogP contribution in [0.25, 0.3) is 39.2 Å². The minimum Gasteiger partial charge on any atom is -0.506 e. The van der Waals surface area contributed by atoms with Crippen LogP contribution in [0.2, 0.25) is 18.1 Å². The van der Waals surface area contributed by atoms with E-state index in [1.807, 2.05) is 78.9 Å². The molecule has 6 aromatic rings. The molecule has 0 aliphatic heterocycles. The van der Waals surface area contributed by atoms with Gasteiger partial charge < -0.3 is 29.4 Å². The summed E-state index contributed by atoms with van der Waals surface area (Å²) in [6, 6.07) is 27.7. The lowest BCUT2D eigenvalue weighted by molar-refractivity contribution is 0.182. The van der Waals surface area contributed by atoms with E-state index in [0.717, 1.165) is 38.7 Å². The number of anilines is 1. The summed E-state index contributed by atoms with van der Waals surface area (Å²) in [5, 5.41) is 26.7.